The van der Waals surface area contributed by atoms with Crippen molar-refractivity contribution in [3.05, 3.63) is 50.4 Å². The zero-order chi connectivity index (χ0) is 12.0. The number of nitrogens with zero attached hydrogens (tertiary/aromatic N) is 1. The van der Waals surface area contributed by atoms with E-state index in [1.807, 2.05) is 24.3 Å². The first-order chi connectivity index (χ1) is 8.20. The van der Waals surface area contributed by atoms with Crippen LogP contribution in [-0.2, 0) is 0 Å². The van der Waals surface area contributed by atoms with Crippen LogP contribution >= 0.6 is 56.6 Å². The lowest BCUT2D eigenvalue weighted by molar-refractivity contribution is 1.59. The minimum Gasteiger partial charge on any atom is -0.203 e. The summed E-state index contributed by atoms with van der Waals surface area (Å²) in [6.07, 6.45) is 0. The molecule has 0 atom stereocenters. The predicted molar refractivity (Wildman–Crippen MR) is 79.7 cm³/mol. The van der Waals surface area contributed by atoms with Crippen LogP contribution in [0.3, 0.4) is 0 Å². The molecule has 0 amide bonds. The van der Waals surface area contributed by atoms with Crippen molar-refractivity contribution in [2.45, 2.75) is 0 Å². The van der Waals surface area contributed by atoms with Crippen molar-refractivity contribution in [1.82, 2.24) is 0 Å². The van der Waals surface area contributed by atoms with E-state index in [1.165, 1.54) is 21.8 Å². The van der Waals surface area contributed by atoms with Crippen LogP contribution in [0.4, 0.5) is 0 Å². The fourth-order valence-electron chi connectivity index (χ4n) is 1.68. The zero-order valence-electron chi connectivity index (χ0n) is 8.21. The first kappa shape index (κ1) is 12.0. The average Bonchev–Trinajstić information content (AvgIpc) is 2.82. The largest absolute Gasteiger partial charge is 0.203 e. The molecule has 6 heteroatoms. The Hall–Kier alpha value is -0.0600. The van der Waals surface area contributed by atoms with Crippen molar-refractivity contribution in [3.63, 3.8) is 0 Å². The third-order valence-corrected chi connectivity index (χ3v) is 5.76. The van der Waals surface area contributed by atoms with Crippen LogP contribution in [0, 0.1) is 0 Å². The minimum atomic E-state index is 0.385. The fourth-order valence-corrected chi connectivity index (χ4v) is 4.57. The quantitative estimate of drug-likeness (QED) is 0.469. The number of benzene rings is 1. The van der Waals surface area contributed by atoms with Gasteiger partial charge in [-0.2, -0.15) is 0 Å². The van der Waals surface area contributed by atoms with Gasteiger partial charge in [0.15, 0.2) is 0 Å². The molecule has 2 aliphatic rings. The van der Waals surface area contributed by atoms with Crippen LogP contribution in [0.5, 0.6) is 0 Å². The Kier molecular flexibility index (Phi) is 3.22. The van der Waals surface area contributed by atoms with Gasteiger partial charge in [-0.05, 0) is 10.8 Å². The smallest absolute Gasteiger partial charge is 0.0962 e. The zero-order valence-corrected chi connectivity index (χ0v) is 12.1. The van der Waals surface area contributed by atoms with Crippen molar-refractivity contribution in [2.24, 2.45) is 4.40 Å². The molecule has 1 aromatic carbocycles. The Morgan fingerprint density at radius 1 is 0.882 bits per heavy atom. The molecular formula is C11H4Cl3NS2. The monoisotopic (exact) mass is 319 g/mol. The molecule has 0 bridgehead atoms. The van der Waals surface area contributed by atoms with E-state index in [1.54, 1.807) is 0 Å². The molecule has 1 aromatic rings. The molecule has 1 nitrogen and oxygen atoms in total. The molecule has 0 N–H and O–H groups in total. The van der Waals surface area contributed by atoms with E-state index in [0.717, 1.165) is 21.7 Å². The lowest BCUT2D eigenvalue weighted by atomic mass is 10.0. The summed E-state index contributed by atoms with van der Waals surface area (Å²) in [5, 5.41) is 1.33. The summed E-state index contributed by atoms with van der Waals surface area (Å²) >= 11 is 18.7. The number of hydrogen-bond acceptors (Lipinski definition) is 3. The summed E-state index contributed by atoms with van der Waals surface area (Å²) in [7, 11) is 2.90. The summed E-state index contributed by atoms with van der Waals surface area (Å²) in [5.41, 5.74) is 2.70. The van der Waals surface area contributed by atoms with Gasteiger partial charge in [0.25, 0.3) is 0 Å². The highest BCUT2D eigenvalue weighted by molar-refractivity contribution is 8.78. The van der Waals surface area contributed by atoms with Gasteiger partial charge >= 0.3 is 0 Å². The summed E-state index contributed by atoms with van der Waals surface area (Å²) in [5.74, 6) is 0. The van der Waals surface area contributed by atoms with Gasteiger partial charge in [0.05, 0.1) is 25.7 Å². The van der Waals surface area contributed by atoms with Gasteiger partial charge in [-0.25, -0.2) is 4.40 Å². The third-order valence-electron chi connectivity index (χ3n) is 2.47. The van der Waals surface area contributed by atoms with Crippen LogP contribution in [0.25, 0.3) is 5.03 Å². The lowest BCUT2D eigenvalue weighted by Crippen LogP contribution is -2.01. The normalized spacial score (nSPS) is 18.9. The number of halogens is 3. The molecule has 17 heavy (non-hydrogen) atoms. The van der Waals surface area contributed by atoms with E-state index in [9.17, 15) is 0 Å². The Morgan fingerprint density at radius 2 is 1.59 bits per heavy atom. The Balaban J connectivity index is 2.39. The van der Waals surface area contributed by atoms with Gasteiger partial charge in [0.2, 0.25) is 0 Å². The summed E-state index contributed by atoms with van der Waals surface area (Å²) < 4.78 is 4.39. The summed E-state index contributed by atoms with van der Waals surface area (Å²) in [4.78, 5) is 0.879. The van der Waals surface area contributed by atoms with Crippen LogP contribution in [0.2, 0.25) is 0 Å². The van der Waals surface area contributed by atoms with E-state index < -0.39 is 0 Å². The number of rotatable bonds is 0. The average molecular weight is 321 g/mol. The summed E-state index contributed by atoms with van der Waals surface area (Å²) in [6.45, 7) is 0. The maximum atomic E-state index is 6.27. The van der Waals surface area contributed by atoms with Gasteiger partial charge in [-0.3, -0.25) is 0 Å². The highest BCUT2D eigenvalue weighted by atomic mass is 35.5. The molecule has 0 unspecified atom stereocenters. The second kappa shape index (κ2) is 4.56. The molecule has 3 rings (SSSR count). The molecule has 0 saturated carbocycles. The first-order valence-electron chi connectivity index (χ1n) is 4.67. The molecule has 0 spiro atoms. The first-order valence-corrected chi connectivity index (χ1v) is 7.91. The van der Waals surface area contributed by atoms with Crippen LogP contribution in [-0.4, -0.2) is 5.71 Å². The van der Waals surface area contributed by atoms with Gasteiger partial charge < -0.3 is 0 Å². The highest BCUT2D eigenvalue weighted by Gasteiger charge is 2.29. The third kappa shape index (κ3) is 1.85. The maximum Gasteiger partial charge on any atom is 0.0962 e. The topological polar surface area (TPSA) is 12.4 Å². The SMILES string of the molecule is ClC1=C2SSN=C2c2ccccc2C(Cl)=C1Cl. The van der Waals surface area contributed by atoms with E-state index >= 15 is 0 Å². The highest BCUT2D eigenvalue weighted by Crippen LogP contribution is 2.50. The van der Waals surface area contributed by atoms with E-state index in [2.05, 4.69) is 4.40 Å². The molecule has 0 radical (unpaired) electrons. The molecule has 86 valence electrons. The van der Waals surface area contributed by atoms with Crippen LogP contribution in [0.1, 0.15) is 11.1 Å². The molecular weight excluding hydrogens is 317 g/mol. The van der Waals surface area contributed by atoms with Gasteiger partial charge in [0.1, 0.15) is 0 Å². The van der Waals surface area contributed by atoms with Gasteiger partial charge in [0, 0.05) is 22.1 Å². The van der Waals surface area contributed by atoms with E-state index in [4.69, 9.17) is 34.8 Å². The maximum absolute atomic E-state index is 6.27. The lowest BCUT2D eigenvalue weighted by Gasteiger charge is -2.05. The Bertz CT molecular complexity index is 604. The molecule has 0 fully saturated rings. The van der Waals surface area contributed by atoms with Crippen molar-refractivity contribution in [2.75, 3.05) is 0 Å². The minimum absolute atomic E-state index is 0.385. The second-order valence-corrected chi connectivity index (χ2v) is 6.40. The molecule has 0 saturated heterocycles. The van der Waals surface area contributed by atoms with Crippen LogP contribution in [0.15, 0.2) is 43.6 Å². The van der Waals surface area contributed by atoms with Gasteiger partial charge in [-0.15, -0.1) is 0 Å². The van der Waals surface area contributed by atoms with E-state index in [-0.39, 0.29) is 0 Å². The Labute approximate surface area is 121 Å². The predicted octanol–water partition coefficient (Wildman–Crippen LogP) is 5.40. The van der Waals surface area contributed by atoms with Crippen molar-refractivity contribution >= 4 is 67.3 Å². The standard InChI is InChI=1S/C11H4Cl3NS2/c12-7-5-3-1-2-4-6(5)10-11(16-17-15-10)9(14)8(7)13/h1-4H. The molecule has 1 aliphatic carbocycles. The molecule has 1 heterocycles. The fraction of sp³-hybridized carbons (Fsp3) is 0. The molecule has 1 aliphatic heterocycles. The number of fused-ring (bicyclic) bond motifs is 3. The van der Waals surface area contributed by atoms with Crippen molar-refractivity contribution < 1.29 is 0 Å². The van der Waals surface area contributed by atoms with E-state index in [0.29, 0.717) is 15.1 Å². The second-order valence-electron chi connectivity index (χ2n) is 3.41. The van der Waals surface area contributed by atoms with Crippen molar-refractivity contribution in [3.8, 4) is 0 Å². The van der Waals surface area contributed by atoms with Crippen molar-refractivity contribution in [1.29, 1.82) is 0 Å². The van der Waals surface area contributed by atoms with Gasteiger partial charge in [-0.1, -0.05) is 59.1 Å². The van der Waals surface area contributed by atoms with Crippen LogP contribution < -0.4 is 0 Å². The Morgan fingerprint density at radius 3 is 2.35 bits per heavy atom. The number of hydrogen-bond donors (Lipinski definition) is 0. The molecule has 0 aromatic heterocycles. The summed E-state index contributed by atoms with van der Waals surface area (Å²) in [6, 6.07) is 7.76. The number of allylic oxidation sites excluding steroid dienone is 3.